The van der Waals surface area contributed by atoms with Gasteiger partial charge in [-0.3, -0.25) is 14.4 Å². The molecule has 8 N–H and O–H groups in total. The number of likely N-dealkylation sites (N-methyl/N-ethyl adjacent to an activating group) is 1. The number of amides is 2. The Balaban J connectivity index is 1.37. The average molecular weight is 613 g/mol. The normalized spacial score (nSPS) is 21.4. The van der Waals surface area contributed by atoms with Crippen molar-refractivity contribution in [2.45, 2.75) is 37.4 Å². The van der Waals surface area contributed by atoms with Crippen LogP contribution in [0, 0.1) is 6.92 Å². The minimum absolute atomic E-state index is 0.0114. The van der Waals surface area contributed by atoms with Gasteiger partial charge in [-0.1, -0.05) is 30.3 Å². The van der Waals surface area contributed by atoms with E-state index >= 15 is 0 Å². The number of benzene rings is 3. The van der Waals surface area contributed by atoms with Gasteiger partial charge in [0.25, 0.3) is 5.91 Å². The lowest BCUT2D eigenvalue weighted by Crippen LogP contribution is -2.53. The van der Waals surface area contributed by atoms with Crippen molar-refractivity contribution >= 4 is 44.7 Å². The predicted octanol–water partition coefficient (Wildman–Crippen LogP) is 3.31. The Morgan fingerprint density at radius 3 is 2.57 bits per heavy atom. The maximum atomic E-state index is 14.2. The number of nitrogens with one attached hydrogen (secondary N) is 2. The largest absolute Gasteiger partial charge is 0.457 e. The number of ketones is 1. The highest BCUT2D eigenvalue weighted by molar-refractivity contribution is 7.21. The number of hydrogen-bond acceptors (Lipinski definition) is 9. The van der Waals surface area contributed by atoms with Gasteiger partial charge in [-0.05, 0) is 73.8 Å². The number of carbonyl (C=O) groups excluding carboxylic acids is 3. The first-order valence-corrected chi connectivity index (χ1v) is 15.5. The van der Waals surface area contributed by atoms with E-state index in [2.05, 4.69) is 10.6 Å². The van der Waals surface area contributed by atoms with Gasteiger partial charge in [0, 0.05) is 35.8 Å². The Hall–Kier alpha value is -4.29. The smallest absolute Gasteiger partial charge is 0.262 e. The fourth-order valence-electron chi connectivity index (χ4n) is 6.43. The maximum Gasteiger partial charge on any atom is 0.262 e. The molecule has 10 nitrogen and oxygen atoms in total. The molecular formula is C33H36N6O4S. The molecule has 0 radical (unpaired) electrons. The van der Waals surface area contributed by atoms with Crippen LogP contribution < -0.4 is 32.6 Å². The van der Waals surface area contributed by atoms with Gasteiger partial charge in [-0.2, -0.15) is 0 Å². The topological polar surface area (TPSA) is 166 Å². The number of anilines is 1. The molecule has 2 aliphatic rings. The molecule has 11 heteroatoms. The van der Waals surface area contributed by atoms with Gasteiger partial charge in [-0.25, -0.2) is 0 Å². The van der Waals surface area contributed by atoms with Crippen molar-refractivity contribution in [1.29, 1.82) is 0 Å². The summed E-state index contributed by atoms with van der Waals surface area (Å²) in [6, 6.07) is 17.0. The van der Waals surface area contributed by atoms with Crippen LogP contribution in [0.4, 0.5) is 5.69 Å². The monoisotopic (exact) mass is 612 g/mol. The number of para-hydroxylation sites is 1. The van der Waals surface area contributed by atoms with Gasteiger partial charge in [0.1, 0.15) is 17.0 Å². The van der Waals surface area contributed by atoms with E-state index in [1.165, 1.54) is 11.3 Å². The third-order valence-electron chi connectivity index (χ3n) is 8.56. The van der Waals surface area contributed by atoms with Gasteiger partial charge >= 0.3 is 0 Å². The molecule has 1 aliphatic heterocycles. The number of hydrogen-bond donors (Lipinski definition) is 5. The SMILES string of the molecule is CNCC(=O)N1CCCC(NC(=O)c2sc3c(N)ccc4c3c2C(N)C(=O)C4(N)c2ccc(Oc3ccccc3)cc2C)C1. The Kier molecular flexibility index (Phi) is 7.89. The molecule has 0 spiro atoms. The van der Waals surface area contributed by atoms with E-state index in [0.717, 1.165) is 18.4 Å². The molecule has 1 saturated heterocycles. The van der Waals surface area contributed by atoms with Gasteiger partial charge in [0.15, 0.2) is 5.78 Å². The molecule has 1 aromatic heterocycles. The molecular weight excluding hydrogens is 576 g/mol. The summed E-state index contributed by atoms with van der Waals surface area (Å²) in [5.74, 6) is 0.538. The summed E-state index contributed by atoms with van der Waals surface area (Å²) < 4.78 is 6.66. The molecule has 0 saturated carbocycles. The molecule has 2 heterocycles. The lowest BCUT2D eigenvalue weighted by Gasteiger charge is -2.37. The number of piperidine rings is 1. The number of ether oxygens (including phenoxy) is 1. The third kappa shape index (κ3) is 5.01. The Morgan fingerprint density at radius 1 is 1.09 bits per heavy atom. The van der Waals surface area contributed by atoms with E-state index in [9.17, 15) is 14.4 Å². The quantitative estimate of drug-likeness (QED) is 0.198. The number of likely N-dealkylation sites (tertiary alicyclic amines) is 1. The maximum absolute atomic E-state index is 14.2. The minimum atomic E-state index is -1.57. The number of Topliss-reactive ketones (excluding diaryl/α,β-unsaturated/α-hetero) is 1. The molecule has 1 fully saturated rings. The Labute approximate surface area is 259 Å². The Morgan fingerprint density at radius 2 is 1.84 bits per heavy atom. The number of thiophene rings is 1. The number of aryl methyl sites for hydroxylation is 1. The first kappa shape index (κ1) is 29.8. The van der Waals surface area contributed by atoms with Crippen molar-refractivity contribution in [2.75, 3.05) is 32.4 Å². The summed E-state index contributed by atoms with van der Waals surface area (Å²) in [7, 11) is 1.73. The number of nitrogens with zero attached hydrogens (tertiary/aromatic N) is 1. The van der Waals surface area contributed by atoms with Crippen LogP contribution >= 0.6 is 11.3 Å². The van der Waals surface area contributed by atoms with E-state index in [0.29, 0.717) is 61.9 Å². The summed E-state index contributed by atoms with van der Waals surface area (Å²) in [4.78, 5) is 42.5. The van der Waals surface area contributed by atoms with Crippen LogP contribution in [-0.4, -0.2) is 55.2 Å². The number of nitrogens with two attached hydrogens (primary N) is 3. The lowest BCUT2D eigenvalue weighted by atomic mass is 9.69. The highest BCUT2D eigenvalue weighted by Gasteiger charge is 2.49. The van der Waals surface area contributed by atoms with Crippen molar-refractivity contribution in [1.82, 2.24) is 15.5 Å². The van der Waals surface area contributed by atoms with Gasteiger partial charge in [0.05, 0.1) is 22.2 Å². The van der Waals surface area contributed by atoms with Gasteiger partial charge < -0.3 is 37.5 Å². The van der Waals surface area contributed by atoms with Crippen LogP contribution in [0.15, 0.2) is 60.7 Å². The van der Waals surface area contributed by atoms with E-state index in [1.54, 1.807) is 36.2 Å². The molecule has 2 amide bonds. The molecule has 228 valence electrons. The van der Waals surface area contributed by atoms with Crippen molar-refractivity contribution in [3.05, 3.63) is 87.8 Å². The summed E-state index contributed by atoms with van der Waals surface area (Å²) in [6.45, 7) is 3.19. The highest BCUT2D eigenvalue weighted by atomic mass is 32.1. The van der Waals surface area contributed by atoms with Crippen LogP contribution in [0.2, 0.25) is 0 Å². The molecule has 4 aromatic rings. The van der Waals surface area contributed by atoms with Crippen LogP contribution in [0.3, 0.4) is 0 Å². The van der Waals surface area contributed by atoms with Gasteiger partial charge in [-0.15, -0.1) is 11.3 Å². The van der Waals surface area contributed by atoms with Crippen LogP contribution in [0.25, 0.3) is 10.1 Å². The van der Waals surface area contributed by atoms with Crippen LogP contribution in [0.1, 0.15) is 50.8 Å². The van der Waals surface area contributed by atoms with E-state index in [1.807, 2.05) is 43.3 Å². The van der Waals surface area contributed by atoms with Gasteiger partial charge in [0.2, 0.25) is 5.91 Å². The summed E-state index contributed by atoms with van der Waals surface area (Å²) in [5, 5.41) is 6.62. The minimum Gasteiger partial charge on any atom is -0.457 e. The third-order valence-corrected chi connectivity index (χ3v) is 9.81. The van der Waals surface area contributed by atoms with E-state index in [4.69, 9.17) is 21.9 Å². The second-order valence-electron chi connectivity index (χ2n) is 11.5. The predicted molar refractivity (Wildman–Crippen MR) is 172 cm³/mol. The first-order chi connectivity index (χ1) is 21.1. The number of carbonyl (C=O) groups is 3. The molecule has 1 aliphatic carbocycles. The van der Waals surface area contributed by atoms with Crippen molar-refractivity contribution in [2.24, 2.45) is 11.5 Å². The average Bonchev–Trinajstić information content (AvgIpc) is 3.42. The van der Waals surface area contributed by atoms with Crippen LogP contribution in [0.5, 0.6) is 11.5 Å². The molecule has 6 rings (SSSR count). The van der Waals surface area contributed by atoms with E-state index in [-0.39, 0.29) is 24.4 Å². The highest BCUT2D eigenvalue weighted by Crippen LogP contribution is 2.50. The number of rotatable bonds is 7. The first-order valence-electron chi connectivity index (χ1n) is 14.6. The number of nitrogen functional groups attached to an aromatic ring is 1. The molecule has 3 aromatic carbocycles. The molecule has 3 unspecified atom stereocenters. The van der Waals surface area contributed by atoms with Crippen molar-refractivity contribution in [3.8, 4) is 11.5 Å². The molecule has 0 bridgehead atoms. The zero-order valence-corrected chi connectivity index (χ0v) is 25.5. The second kappa shape index (κ2) is 11.7. The lowest BCUT2D eigenvalue weighted by molar-refractivity contribution is -0.131. The second-order valence-corrected chi connectivity index (χ2v) is 12.5. The standard InChI is InChI=1S/C33H36N6O4S/c1-18-15-21(43-20-8-4-3-5-9-20)10-11-22(18)33(36)23-12-13-24(34)29-26(23)27(28(35)31(33)41)30(44-29)32(42)38-19-7-6-14-39(17-19)25(40)16-37-2/h3-5,8-13,15,19,28,37H,6-7,14,16-17,34-36H2,1-2H3,(H,38,42). The zero-order valence-electron chi connectivity index (χ0n) is 24.7. The Bertz CT molecular complexity index is 1770. The fraction of sp³-hybridized carbons (Fsp3) is 0.303. The van der Waals surface area contributed by atoms with Crippen molar-refractivity contribution < 1.29 is 19.1 Å². The fourth-order valence-corrected chi connectivity index (χ4v) is 7.63. The van der Waals surface area contributed by atoms with Crippen LogP contribution in [-0.2, 0) is 15.1 Å². The summed E-state index contributed by atoms with van der Waals surface area (Å²) in [6.07, 6.45) is 1.52. The van der Waals surface area contributed by atoms with Crippen molar-refractivity contribution in [3.63, 3.8) is 0 Å². The molecule has 3 atom stereocenters. The summed E-state index contributed by atoms with van der Waals surface area (Å²) in [5.41, 5.74) is 21.5. The summed E-state index contributed by atoms with van der Waals surface area (Å²) >= 11 is 1.22. The molecule has 44 heavy (non-hydrogen) atoms. The zero-order chi connectivity index (χ0) is 31.2. The van der Waals surface area contributed by atoms with E-state index < -0.39 is 17.4 Å².